The Morgan fingerprint density at radius 1 is 0.963 bits per heavy atom. The number of para-hydroxylation sites is 2. The molecular formula is C19H24ClN3O3S. The van der Waals surface area contributed by atoms with Crippen molar-refractivity contribution < 1.29 is 13.2 Å². The number of rotatable bonds is 5. The molecule has 0 saturated heterocycles. The zero-order valence-corrected chi connectivity index (χ0v) is 16.4. The second kappa shape index (κ2) is 9.21. The topological polar surface area (TPSA) is 101 Å². The standard InChI is InChI=1S/C19H23N3O3S.ClH/c20-15-8-6-7-14(13-15)19(23)21-17-11-4-5-12-18(17)22-26(24,25)16-9-2-1-3-10-16;/h1-5,9-12,14-15,22H,6-8,13,20H2,(H,21,23);1H. The van der Waals surface area contributed by atoms with Crippen LogP contribution in [-0.4, -0.2) is 20.4 Å². The van der Waals surface area contributed by atoms with Crippen LogP contribution in [0.1, 0.15) is 25.7 Å². The quantitative estimate of drug-likeness (QED) is 0.704. The predicted octanol–water partition coefficient (Wildman–Crippen LogP) is 3.37. The van der Waals surface area contributed by atoms with Crippen LogP contribution in [0.3, 0.4) is 0 Å². The normalized spacial score (nSPS) is 19.6. The summed E-state index contributed by atoms with van der Waals surface area (Å²) >= 11 is 0. The van der Waals surface area contributed by atoms with Crippen LogP contribution in [0.15, 0.2) is 59.5 Å². The first-order valence-corrected chi connectivity index (χ1v) is 10.2. The Morgan fingerprint density at radius 3 is 2.26 bits per heavy atom. The number of anilines is 2. The van der Waals surface area contributed by atoms with Gasteiger partial charge in [-0.05, 0) is 43.5 Å². The van der Waals surface area contributed by atoms with Crippen LogP contribution in [0.2, 0.25) is 0 Å². The second-order valence-electron chi connectivity index (χ2n) is 6.58. The van der Waals surface area contributed by atoms with E-state index < -0.39 is 10.0 Å². The van der Waals surface area contributed by atoms with E-state index in [2.05, 4.69) is 10.0 Å². The molecule has 2 aromatic rings. The first kappa shape index (κ1) is 21.2. The van der Waals surface area contributed by atoms with Gasteiger partial charge in [-0.25, -0.2) is 8.42 Å². The van der Waals surface area contributed by atoms with Gasteiger partial charge in [0.25, 0.3) is 10.0 Å². The number of benzene rings is 2. The largest absolute Gasteiger partial charge is 0.328 e. The summed E-state index contributed by atoms with van der Waals surface area (Å²) in [6.45, 7) is 0. The van der Waals surface area contributed by atoms with E-state index in [9.17, 15) is 13.2 Å². The van der Waals surface area contributed by atoms with Crippen molar-refractivity contribution in [3.63, 3.8) is 0 Å². The van der Waals surface area contributed by atoms with Gasteiger partial charge in [-0.3, -0.25) is 9.52 Å². The lowest BCUT2D eigenvalue weighted by Gasteiger charge is -2.26. The van der Waals surface area contributed by atoms with Gasteiger partial charge in [-0.2, -0.15) is 0 Å². The lowest BCUT2D eigenvalue weighted by Crippen LogP contribution is -2.34. The number of hydrogen-bond donors (Lipinski definition) is 3. The molecule has 0 aromatic heterocycles. The number of carbonyl (C=O) groups is 1. The van der Waals surface area contributed by atoms with Crippen molar-refractivity contribution in [2.75, 3.05) is 10.0 Å². The summed E-state index contributed by atoms with van der Waals surface area (Å²) in [5, 5.41) is 2.85. The summed E-state index contributed by atoms with van der Waals surface area (Å²) in [6.07, 6.45) is 3.33. The van der Waals surface area contributed by atoms with Gasteiger partial charge in [0, 0.05) is 12.0 Å². The van der Waals surface area contributed by atoms with Gasteiger partial charge < -0.3 is 11.1 Å². The number of hydrogen-bond acceptors (Lipinski definition) is 4. The number of sulfonamides is 1. The zero-order valence-electron chi connectivity index (χ0n) is 14.8. The highest BCUT2D eigenvalue weighted by Gasteiger charge is 2.26. The Kier molecular flexibility index (Phi) is 7.24. The molecule has 146 valence electrons. The first-order chi connectivity index (χ1) is 12.5. The lowest BCUT2D eigenvalue weighted by atomic mass is 9.85. The van der Waals surface area contributed by atoms with E-state index in [0.717, 1.165) is 19.3 Å². The van der Waals surface area contributed by atoms with Crippen molar-refractivity contribution in [3.8, 4) is 0 Å². The molecule has 2 aromatic carbocycles. The molecule has 1 amide bonds. The molecule has 0 heterocycles. The Morgan fingerprint density at radius 2 is 1.59 bits per heavy atom. The Bertz CT molecular complexity index is 875. The van der Waals surface area contributed by atoms with Crippen LogP contribution >= 0.6 is 12.4 Å². The molecule has 1 saturated carbocycles. The minimum atomic E-state index is -3.73. The molecule has 1 aliphatic rings. The molecule has 0 aliphatic heterocycles. The van der Waals surface area contributed by atoms with E-state index >= 15 is 0 Å². The maximum atomic E-state index is 12.6. The molecule has 4 N–H and O–H groups in total. The average Bonchev–Trinajstić information content (AvgIpc) is 2.64. The van der Waals surface area contributed by atoms with Crippen molar-refractivity contribution >= 4 is 39.7 Å². The summed E-state index contributed by atoms with van der Waals surface area (Å²) < 4.78 is 27.6. The number of amides is 1. The Labute approximate surface area is 166 Å². The summed E-state index contributed by atoms with van der Waals surface area (Å²) in [4.78, 5) is 12.7. The van der Waals surface area contributed by atoms with Crippen molar-refractivity contribution in [2.24, 2.45) is 11.7 Å². The third kappa shape index (κ3) is 5.45. The minimum absolute atomic E-state index is 0. The summed E-state index contributed by atoms with van der Waals surface area (Å²) in [5.41, 5.74) is 6.74. The second-order valence-corrected chi connectivity index (χ2v) is 8.26. The number of carbonyl (C=O) groups excluding carboxylic acids is 1. The maximum absolute atomic E-state index is 12.6. The van der Waals surface area contributed by atoms with Crippen LogP contribution in [0.25, 0.3) is 0 Å². The lowest BCUT2D eigenvalue weighted by molar-refractivity contribution is -0.120. The van der Waals surface area contributed by atoms with Gasteiger partial charge in [0.15, 0.2) is 0 Å². The van der Waals surface area contributed by atoms with E-state index in [1.54, 1.807) is 42.5 Å². The van der Waals surface area contributed by atoms with E-state index in [0.29, 0.717) is 17.8 Å². The van der Waals surface area contributed by atoms with Crippen molar-refractivity contribution in [1.82, 2.24) is 0 Å². The molecule has 2 unspecified atom stereocenters. The van der Waals surface area contributed by atoms with Gasteiger partial charge in [-0.1, -0.05) is 36.8 Å². The van der Waals surface area contributed by atoms with Gasteiger partial charge in [0.1, 0.15) is 0 Å². The minimum Gasteiger partial charge on any atom is -0.328 e. The van der Waals surface area contributed by atoms with Crippen LogP contribution in [0.5, 0.6) is 0 Å². The smallest absolute Gasteiger partial charge is 0.261 e. The molecule has 0 spiro atoms. The third-order valence-electron chi connectivity index (χ3n) is 4.57. The maximum Gasteiger partial charge on any atom is 0.261 e. The van der Waals surface area contributed by atoms with Crippen LogP contribution in [0, 0.1) is 5.92 Å². The molecule has 1 fully saturated rings. The van der Waals surface area contributed by atoms with E-state index in [-0.39, 0.29) is 35.2 Å². The van der Waals surface area contributed by atoms with Crippen LogP contribution in [-0.2, 0) is 14.8 Å². The van der Waals surface area contributed by atoms with E-state index in [1.807, 2.05) is 0 Å². The molecule has 3 rings (SSSR count). The summed E-state index contributed by atoms with van der Waals surface area (Å²) in [7, 11) is -3.73. The van der Waals surface area contributed by atoms with Gasteiger partial charge in [0.05, 0.1) is 16.3 Å². The third-order valence-corrected chi connectivity index (χ3v) is 5.95. The zero-order chi connectivity index (χ0) is 18.6. The predicted molar refractivity (Wildman–Crippen MR) is 110 cm³/mol. The van der Waals surface area contributed by atoms with Crippen molar-refractivity contribution in [3.05, 3.63) is 54.6 Å². The fourth-order valence-corrected chi connectivity index (χ4v) is 4.29. The van der Waals surface area contributed by atoms with Crippen LogP contribution in [0.4, 0.5) is 11.4 Å². The average molecular weight is 410 g/mol. The summed E-state index contributed by atoms with van der Waals surface area (Å²) in [5.74, 6) is -0.260. The van der Waals surface area contributed by atoms with Crippen molar-refractivity contribution in [2.45, 2.75) is 36.6 Å². The fourth-order valence-electron chi connectivity index (χ4n) is 3.18. The monoisotopic (exact) mass is 409 g/mol. The molecule has 0 radical (unpaired) electrons. The van der Waals surface area contributed by atoms with Gasteiger partial charge in [-0.15, -0.1) is 12.4 Å². The highest BCUT2D eigenvalue weighted by Crippen LogP contribution is 2.28. The number of nitrogens with one attached hydrogen (secondary N) is 2. The molecule has 6 nitrogen and oxygen atoms in total. The van der Waals surface area contributed by atoms with Gasteiger partial charge in [0.2, 0.25) is 5.91 Å². The SMILES string of the molecule is Cl.NC1CCCC(C(=O)Nc2ccccc2NS(=O)(=O)c2ccccc2)C1. The fraction of sp³-hybridized carbons (Fsp3) is 0.316. The molecule has 2 atom stereocenters. The molecular weight excluding hydrogens is 386 g/mol. The molecule has 0 bridgehead atoms. The number of nitrogens with two attached hydrogens (primary N) is 1. The molecule has 27 heavy (non-hydrogen) atoms. The Balaban J connectivity index is 0.00000261. The first-order valence-electron chi connectivity index (χ1n) is 8.69. The Hall–Kier alpha value is -2.09. The van der Waals surface area contributed by atoms with Crippen molar-refractivity contribution in [1.29, 1.82) is 0 Å². The molecule has 8 heteroatoms. The van der Waals surface area contributed by atoms with Crippen LogP contribution < -0.4 is 15.8 Å². The molecule has 1 aliphatic carbocycles. The number of halogens is 1. The van der Waals surface area contributed by atoms with E-state index in [4.69, 9.17) is 5.73 Å². The highest BCUT2D eigenvalue weighted by molar-refractivity contribution is 7.92. The summed E-state index contributed by atoms with van der Waals surface area (Å²) in [6, 6.07) is 14.9. The highest BCUT2D eigenvalue weighted by atomic mass is 35.5. The van der Waals surface area contributed by atoms with Gasteiger partial charge >= 0.3 is 0 Å². The van der Waals surface area contributed by atoms with E-state index in [1.165, 1.54) is 12.1 Å².